The van der Waals surface area contributed by atoms with Gasteiger partial charge in [0.2, 0.25) is 17.7 Å². The van der Waals surface area contributed by atoms with Gasteiger partial charge in [-0.25, -0.2) is 4.98 Å². The number of rotatable bonds is 4. The zero-order valence-corrected chi connectivity index (χ0v) is 14.9. The first-order valence-electron chi connectivity index (χ1n) is 8.15. The molecule has 1 aliphatic heterocycles. The Bertz CT molecular complexity index is 693. The monoisotopic (exact) mass is 332 g/mol. The highest BCUT2D eigenvalue weighted by Gasteiger charge is 2.30. The van der Waals surface area contributed by atoms with Crippen LogP contribution in [0.1, 0.15) is 41.6 Å². The van der Waals surface area contributed by atoms with Crippen molar-refractivity contribution in [3.05, 3.63) is 34.7 Å². The van der Waals surface area contributed by atoms with E-state index < -0.39 is 0 Å². The van der Waals surface area contributed by atoms with Crippen LogP contribution in [0.15, 0.2) is 10.5 Å². The fraction of sp³-hybridized carbons (Fsp3) is 0.588. The van der Waals surface area contributed by atoms with Crippen LogP contribution in [-0.4, -0.2) is 46.4 Å². The maximum absolute atomic E-state index is 5.98. The fourth-order valence-electron chi connectivity index (χ4n) is 3.14. The Morgan fingerprint density at radius 2 is 2.04 bits per heavy atom. The Morgan fingerprint density at radius 1 is 1.25 bits per heavy atom. The number of ether oxygens (including phenoxy) is 2. The zero-order valence-electron chi connectivity index (χ0n) is 14.9. The van der Waals surface area contributed by atoms with Gasteiger partial charge in [-0.15, -0.1) is 10.2 Å². The molecular formula is C17H24N4O3. The van der Waals surface area contributed by atoms with E-state index in [1.807, 2.05) is 13.0 Å². The highest BCUT2D eigenvalue weighted by molar-refractivity contribution is 5.33. The van der Waals surface area contributed by atoms with E-state index in [0.29, 0.717) is 17.7 Å². The highest BCUT2D eigenvalue weighted by Crippen LogP contribution is 2.27. The molecule has 3 rings (SSSR count). The van der Waals surface area contributed by atoms with E-state index in [2.05, 4.69) is 33.9 Å². The van der Waals surface area contributed by atoms with Gasteiger partial charge < -0.3 is 13.9 Å². The lowest BCUT2D eigenvalue weighted by Gasteiger charge is -2.35. The molecule has 0 amide bonds. The molecule has 7 heteroatoms. The second kappa shape index (κ2) is 6.86. The van der Waals surface area contributed by atoms with Gasteiger partial charge in [-0.2, -0.15) is 0 Å². The quantitative estimate of drug-likeness (QED) is 0.851. The van der Waals surface area contributed by atoms with Crippen molar-refractivity contribution in [2.45, 2.75) is 46.4 Å². The number of methoxy groups -OCH3 is 1. The van der Waals surface area contributed by atoms with E-state index in [-0.39, 0.29) is 12.2 Å². The summed E-state index contributed by atoms with van der Waals surface area (Å²) >= 11 is 0. The molecule has 1 saturated heterocycles. The maximum Gasteiger partial charge on any atom is 0.246 e. The van der Waals surface area contributed by atoms with Gasteiger partial charge in [-0.1, -0.05) is 0 Å². The summed E-state index contributed by atoms with van der Waals surface area (Å²) in [5.41, 5.74) is 3.41. The van der Waals surface area contributed by atoms with Gasteiger partial charge in [-0.05, 0) is 31.9 Å². The average molecular weight is 332 g/mol. The van der Waals surface area contributed by atoms with Crippen LogP contribution >= 0.6 is 0 Å². The lowest BCUT2D eigenvalue weighted by Crippen LogP contribution is -2.42. The van der Waals surface area contributed by atoms with Crippen LogP contribution in [0.2, 0.25) is 0 Å². The smallest absolute Gasteiger partial charge is 0.246 e. The first-order valence-corrected chi connectivity index (χ1v) is 8.15. The van der Waals surface area contributed by atoms with E-state index >= 15 is 0 Å². The Labute approximate surface area is 142 Å². The molecule has 0 aliphatic carbocycles. The average Bonchev–Trinajstić information content (AvgIpc) is 2.97. The van der Waals surface area contributed by atoms with Crippen LogP contribution < -0.4 is 4.74 Å². The van der Waals surface area contributed by atoms with Gasteiger partial charge in [0.1, 0.15) is 6.10 Å². The fourth-order valence-corrected chi connectivity index (χ4v) is 3.14. The van der Waals surface area contributed by atoms with E-state index in [4.69, 9.17) is 13.9 Å². The number of aryl methyl sites for hydroxylation is 3. The van der Waals surface area contributed by atoms with Crippen molar-refractivity contribution < 1.29 is 13.9 Å². The largest absolute Gasteiger partial charge is 0.481 e. The van der Waals surface area contributed by atoms with Gasteiger partial charge in [0.25, 0.3) is 0 Å². The molecule has 3 heterocycles. The van der Waals surface area contributed by atoms with Crippen LogP contribution in [0.5, 0.6) is 5.88 Å². The Balaban J connectivity index is 1.77. The Hall–Kier alpha value is -1.99. The SMILES string of the molecule is COc1cc(C)c(CN2C[C@@H](C)O[C@@H](c3nnc(C)o3)C2)c(C)n1. The zero-order chi connectivity index (χ0) is 17.3. The van der Waals surface area contributed by atoms with Gasteiger partial charge in [0, 0.05) is 38.3 Å². The summed E-state index contributed by atoms with van der Waals surface area (Å²) in [5.74, 6) is 1.76. The van der Waals surface area contributed by atoms with Crippen molar-refractivity contribution in [1.29, 1.82) is 0 Å². The van der Waals surface area contributed by atoms with Crippen molar-refractivity contribution in [1.82, 2.24) is 20.1 Å². The highest BCUT2D eigenvalue weighted by atomic mass is 16.5. The minimum Gasteiger partial charge on any atom is -0.481 e. The number of morpholine rings is 1. The molecule has 130 valence electrons. The number of pyridine rings is 1. The minimum absolute atomic E-state index is 0.0998. The molecule has 1 fully saturated rings. The topological polar surface area (TPSA) is 73.5 Å². The number of aromatic nitrogens is 3. The van der Waals surface area contributed by atoms with E-state index in [1.165, 1.54) is 11.1 Å². The Morgan fingerprint density at radius 3 is 2.67 bits per heavy atom. The van der Waals surface area contributed by atoms with Crippen LogP contribution in [-0.2, 0) is 11.3 Å². The summed E-state index contributed by atoms with van der Waals surface area (Å²) < 4.78 is 16.8. The van der Waals surface area contributed by atoms with Gasteiger partial charge in [-0.3, -0.25) is 4.90 Å². The second-order valence-corrected chi connectivity index (χ2v) is 6.33. The van der Waals surface area contributed by atoms with E-state index in [9.17, 15) is 0 Å². The van der Waals surface area contributed by atoms with Crippen molar-refractivity contribution >= 4 is 0 Å². The molecule has 0 radical (unpaired) electrons. The predicted octanol–water partition coefficient (Wildman–Crippen LogP) is 2.36. The lowest BCUT2D eigenvalue weighted by atomic mass is 10.1. The summed E-state index contributed by atoms with van der Waals surface area (Å²) in [4.78, 5) is 6.85. The van der Waals surface area contributed by atoms with Crippen LogP contribution in [0.4, 0.5) is 0 Å². The van der Waals surface area contributed by atoms with Crippen molar-refractivity contribution in [3.8, 4) is 5.88 Å². The number of hydrogen-bond donors (Lipinski definition) is 0. The summed E-state index contributed by atoms with van der Waals surface area (Å²) in [6.07, 6.45) is -0.0930. The molecule has 2 atom stereocenters. The molecule has 24 heavy (non-hydrogen) atoms. The molecule has 0 spiro atoms. The molecule has 1 aliphatic rings. The third-order valence-electron chi connectivity index (χ3n) is 4.27. The third kappa shape index (κ3) is 3.57. The number of nitrogens with zero attached hydrogens (tertiary/aromatic N) is 4. The van der Waals surface area contributed by atoms with Gasteiger partial charge in [0.05, 0.1) is 13.2 Å². The molecule has 0 bridgehead atoms. The van der Waals surface area contributed by atoms with Gasteiger partial charge >= 0.3 is 0 Å². The first-order chi connectivity index (χ1) is 11.5. The summed E-state index contributed by atoms with van der Waals surface area (Å²) in [7, 11) is 1.64. The van der Waals surface area contributed by atoms with Crippen molar-refractivity contribution in [2.24, 2.45) is 0 Å². The van der Waals surface area contributed by atoms with Crippen molar-refractivity contribution in [2.75, 3.05) is 20.2 Å². The lowest BCUT2D eigenvalue weighted by molar-refractivity contribution is -0.0918. The van der Waals surface area contributed by atoms with E-state index in [0.717, 1.165) is 25.3 Å². The molecule has 7 nitrogen and oxygen atoms in total. The molecule has 0 unspecified atom stereocenters. The minimum atomic E-state index is -0.193. The summed E-state index contributed by atoms with van der Waals surface area (Å²) in [6, 6.07) is 1.98. The summed E-state index contributed by atoms with van der Waals surface area (Å²) in [5, 5.41) is 8.01. The predicted molar refractivity (Wildman–Crippen MR) is 87.9 cm³/mol. The third-order valence-corrected chi connectivity index (χ3v) is 4.27. The molecule has 0 saturated carbocycles. The standard InChI is InChI=1S/C17H24N4O3/c1-10-6-16(22-5)18-12(3)14(10)8-21-7-11(2)23-15(9-21)17-20-19-13(4)24-17/h6,11,15H,7-9H2,1-5H3/t11-,15-/m1/s1. The molecular weight excluding hydrogens is 308 g/mol. The number of hydrogen-bond acceptors (Lipinski definition) is 7. The Kier molecular flexibility index (Phi) is 4.82. The summed E-state index contributed by atoms with van der Waals surface area (Å²) in [6.45, 7) is 10.4. The first kappa shape index (κ1) is 16.9. The molecule has 2 aromatic rings. The normalized spacial score (nSPS) is 21.9. The molecule has 2 aromatic heterocycles. The van der Waals surface area contributed by atoms with E-state index in [1.54, 1.807) is 14.0 Å². The second-order valence-electron chi connectivity index (χ2n) is 6.33. The van der Waals surface area contributed by atoms with Crippen molar-refractivity contribution in [3.63, 3.8) is 0 Å². The van der Waals surface area contributed by atoms with Crippen LogP contribution in [0, 0.1) is 20.8 Å². The molecule has 0 aromatic carbocycles. The van der Waals surface area contributed by atoms with Gasteiger partial charge in [0.15, 0.2) is 0 Å². The maximum atomic E-state index is 5.98. The molecule has 0 N–H and O–H groups in total. The van der Waals surface area contributed by atoms with Crippen LogP contribution in [0.3, 0.4) is 0 Å². The van der Waals surface area contributed by atoms with Crippen LogP contribution in [0.25, 0.3) is 0 Å².